The van der Waals surface area contributed by atoms with Gasteiger partial charge in [-0.2, -0.15) is 0 Å². The molecule has 5 nitrogen and oxygen atoms in total. The molecule has 0 unspecified atom stereocenters. The third-order valence-corrected chi connectivity index (χ3v) is 6.09. The molecule has 2 aliphatic heterocycles. The number of aromatic amines is 1. The first kappa shape index (κ1) is 17.4. The van der Waals surface area contributed by atoms with Gasteiger partial charge in [0.2, 0.25) is 0 Å². The molecule has 2 aliphatic rings. The van der Waals surface area contributed by atoms with Gasteiger partial charge in [0.25, 0.3) is 5.91 Å². The fourth-order valence-electron chi connectivity index (χ4n) is 4.30. The lowest BCUT2D eigenvalue weighted by atomic mass is 10.0. The molecule has 1 amide bonds. The van der Waals surface area contributed by atoms with E-state index in [1.54, 1.807) is 6.20 Å². The molecule has 0 spiro atoms. The summed E-state index contributed by atoms with van der Waals surface area (Å²) in [6.07, 6.45) is 3.46. The van der Waals surface area contributed by atoms with E-state index in [4.69, 9.17) is 11.6 Å². The van der Waals surface area contributed by atoms with Crippen LogP contribution >= 0.6 is 11.6 Å². The summed E-state index contributed by atoms with van der Waals surface area (Å²) < 4.78 is 13.9. The van der Waals surface area contributed by atoms with Crippen LogP contribution in [0.15, 0.2) is 42.6 Å². The molecule has 0 saturated carbocycles. The number of hydrogen-bond donors (Lipinski definition) is 2. The first-order valence-corrected chi connectivity index (χ1v) is 9.84. The van der Waals surface area contributed by atoms with Crippen molar-refractivity contribution in [3.05, 3.63) is 59.0 Å². The number of hydrogen-bond acceptors (Lipinski definition) is 3. The first-order valence-electron chi connectivity index (χ1n) is 9.47. The van der Waals surface area contributed by atoms with Crippen LogP contribution in [0.1, 0.15) is 23.2 Å². The van der Waals surface area contributed by atoms with Gasteiger partial charge in [-0.1, -0.05) is 23.7 Å². The normalized spacial score (nSPS) is 17.1. The fourth-order valence-corrected chi connectivity index (χ4v) is 4.46. The lowest BCUT2D eigenvalue weighted by molar-refractivity contribution is 0.0715. The minimum Gasteiger partial charge on any atom is -0.366 e. The van der Waals surface area contributed by atoms with E-state index in [1.807, 2.05) is 11.0 Å². The highest BCUT2D eigenvalue weighted by Crippen LogP contribution is 2.35. The maximum Gasteiger partial charge on any atom is 0.256 e. The molecule has 5 rings (SSSR count). The molecule has 0 atom stereocenters. The Balaban J connectivity index is 1.31. The average molecular weight is 399 g/mol. The molecule has 1 aromatic heterocycles. The van der Waals surface area contributed by atoms with Crippen molar-refractivity contribution in [2.75, 3.05) is 30.0 Å². The Morgan fingerprint density at radius 2 is 1.96 bits per heavy atom. The van der Waals surface area contributed by atoms with Crippen molar-refractivity contribution in [3.63, 3.8) is 0 Å². The van der Waals surface area contributed by atoms with E-state index >= 15 is 0 Å². The smallest absolute Gasteiger partial charge is 0.256 e. The number of carbonyl (C=O) groups excluding carboxylic acids is 1. The summed E-state index contributed by atoms with van der Waals surface area (Å²) in [5.74, 6) is -0.576. The second-order valence-corrected chi connectivity index (χ2v) is 7.77. The number of likely N-dealkylation sites (tertiary alicyclic amines) is 1. The Labute approximate surface area is 167 Å². The molecular formula is C21H20ClFN4O. The van der Waals surface area contributed by atoms with E-state index in [0.717, 1.165) is 19.5 Å². The predicted octanol–water partition coefficient (Wildman–Crippen LogP) is 4.45. The highest BCUT2D eigenvalue weighted by molar-refractivity contribution is 6.31. The highest BCUT2D eigenvalue weighted by Gasteiger charge is 2.31. The van der Waals surface area contributed by atoms with Gasteiger partial charge < -0.3 is 20.1 Å². The average Bonchev–Trinajstić information content (AvgIpc) is 3.32. The Kier molecular flexibility index (Phi) is 4.16. The number of aromatic nitrogens is 1. The SMILES string of the molecule is O=C(c1c[nH]c2cc(Cl)c(F)cc12)N1CCC(N2CNc3ccccc32)CC1. The molecule has 2 N–H and O–H groups in total. The van der Waals surface area contributed by atoms with Crippen LogP contribution in [0.4, 0.5) is 15.8 Å². The zero-order valence-electron chi connectivity index (χ0n) is 15.2. The van der Waals surface area contributed by atoms with Crippen molar-refractivity contribution >= 4 is 39.8 Å². The second kappa shape index (κ2) is 6.71. The first-order chi connectivity index (χ1) is 13.6. The van der Waals surface area contributed by atoms with Gasteiger partial charge in [-0.3, -0.25) is 4.79 Å². The topological polar surface area (TPSA) is 51.4 Å². The number of piperidine rings is 1. The van der Waals surface area contributed by atoms with Crippen LogP contribution in [-0.2, 0) is 0 Å². The molecule has 144 valence electrons. The van der Waals surface area contributed by atoms with E-state index in [1.165, 1.54) is 23.5 Å². The van der Waals surface area contributed by atoms with E-state index in [9.17, 15) is 9.18 Å². The molecule has 7 heteroatoms. The highest BCUT2D eigenvalue weighted by atomic mass is 35.5. The lowest BCUT2D eigenvalue weighted by Crippen LogP contribution is -2.46. The van der Waals surface area contributed by atoms with Crippen LogP contribution in [0.2, 0.25) is 5.02 Å². The Hall–Kier alpha value is -2.73. The van der Waals surface area contributed by atoms with Gasteiger partial charge in [-0.15, -0.1) is 0 Å². The van der Waals surface area contributed by atoms with Crippen molar-refractivity contribution in [1.29, 1.82) is 0 Å². The van der Waals surface area contributed by atoms with Crippen LogP contribution < -0.4 is 10.2 Å². The van der Waals surface area contributed by atoms with Crippen LogP contribution in [0.25, 0.3) is 10.9 Å². The largest absolute Gasteiger partial charge is 0.366 e. The van der Waals surface area contributed by atoms with Gasteiger partial charge in [0.1, 0.15) is 5.82 Å². The van der Waals surface area contributed by atoms with E-state index < -0.39 is 5.82 Å². The van der Waals surface area contributed by atoms with E-state index in [-0.39, 0.29) is 10.9 Å². The zero-order valence-corrected chi connectivity index (χ0v) is 16.0. The van der Waals surface area contributed by atoms with Crippen molar-refractivity contribution < 1.29 is 9.18 Å². The molecule has 1 saturated heterocycles. The number of amides is 1. The molecular weight excluding hydrogens is 379 g/mol. The van der Waals surface area contributed by atoms with Crippen LogP contribution in [-0.4, -0.2) is 41.6 Å². The van der Waals surface area contributed by atoms with Crippen LogP contribution in [0, 0.1) is 5.82 Å². The van der Waals surface area contributed by atoms with E-state index in [2.05, 4.69) is 33.4 Å². The molecule has 2 aromatic carbocycles. The summed E-state index contributed by atoms with van der Waals surface area (Å²) in [7, 11) is 0. The van der Waals surface area contributed by atoms with Crippen molar-refractivity contribution in [1.82, 2.24) is 9.88 Å². The number of rotatable bonds is 2. The van der Waals surface area contributed by atoms with Gasteiger partial charge in [-0.05, 0) is 37.1 Å². The third kappa shape index (κ3) is 2.79. The Bertz CT molecular complexity index is 1060. The van der Waals surface area contributed by atoms with Crippen molar-refractivity contribution in [3.8, 4) is 0 Å². The molecule has 3 aromatic rings. The zero-order chi connectivity index (χ0) is 19.3. The monoisotopic (exact) mass is 398 g/mol. The number of halogens is 2. The van der Waals surface area contributed by atoms with Gasteiger partial charge in [0.05, 0.1) is 28.6 Å². The van der Waals surface area contributed by atoms with Crippen molar-refractivity contribution in [2.24, 2.45) is 0 Å². The number of nitrogens with zero attached hydrogens (tertiary/aromatic N) is 2. The standard InChI is InChI=1S/C21H20ClFN4O/c22-16-10-19-14(9-17(16)23)15(11-24-19)21(28)26-7-5-13(6-8-26)27-12-25-18-3-1-2-4-20(18)27/h1-4,9-11,13,24-25H,5-8,12H2. The van der Waals surface area contributed by atoms with Gasteiger partial charge in [-0.25, -0.2) is 4.39 Å². The number of carbonyl (C=O) groups is 1. The van der Waals surface area contributed by atoms with E-state index in [0.29, 0.717) is 35.6 Å². The predicted molar refractivity (Wildman–Crippen MR) is 110 cm³/mol. The summed E-state index contributed by atoms with van der Waals surface area (Å²) >= 11 is 5.84. The van der Waals surface area contributed by atoms with Gasteiger partial charge in [0.15, 0.2) is 0 Å². The Morgan fingerprint density at radius 3 is 2.79 bits per heavy atom. The molecule has 0 radical (unpaired) electrons. The van der Waals surface area contributed by atoms with Gasteiger partial charge in [0, 0.05) is 36.2 Å². The Morgan fingerprint density at radius 1 is 1.18 bits per heavy atom. The minimum atomic E-state index is -0.512. The molecule has 1 fully saturated rings. The van der Waals surface area contributed by atoms with Crippen LogP contribution in [0.3, 0.4) is 0 Å². The number of para-hydroxylation sites is 2. The van der Waals surface area contributed by atoms with Gasteiger partial charge >= 0.3 is 0 Å². The van der Waals surface area contributed by atoms with Crippen molar-refractivity contribution in [2.45, 2.75) is 18.9 Å². The molecule has 0 aliphatic carbocycles. The van der Waals surface area contributed by atoms with Crippen LogP contribution in [0.5, 0.6) is 0 Å². The number of nitrogens with one attached hydrogen (secondary N) is 2. The summed E-state index contributed by atoms with van der Waals surface area (Å²) in [6.45, 7) is 2.18. The summed E-state index contributed by atoms with van der Waals surface area (Å²) in [4.78, 5) is 20.3. The minimum absolute atomic E-state index is 0.0497. The number of anilines is 2. The quantitative estimate of drug-likeness (QED) is 0.670. The molecule has 28 heavy (non-hydrogen) atoms. The maximum atomic E-state index is 13.9. The molecule has 0 bridgehead atoms. The number of H-pyrrole nitrogens is 1. The third-order valence-electron chi connectivity index (χ3n) is 5.80. The maximum absolute atomic E-state index is 13.9. The number of fused-ring (bicyclic) bond motifs is 2. The fraction of sp³-hybridized carbons (Fsp3) is 0.286. The number of benzene rings is 2. The second-order valence-electron chi connectivity index (χ2n) is 7.36. The lowest BCUT2D eigenvalue weighted by Gasteiger charge is -2.37. The molecule has 3 heterocycles. The summed E-state index contributed by atoms with van der Waals surface area (Å²) in [5, 5.41) is 4.05. The summed E-state index contributed by atoms with van der Waals surface area (Å²) in [6, 6.07) is 11.6. The summed E-state index contributed by atoms with van der Waals surface area (Å²) in [5.41, 5.74) is 3.57.